The van der Waals surface area contributed by atoms with E-state index in [2.05, 4.69) is 15.5 Å². The van der Waals surface area contributed by atoms with Crippen LogP contribution in [-0.2, 0) is 4.79 Å². The number of hydrogen-bond donors (Lipinski definition) is 1. The monoisotopic (exact) mass is 448 g/mol. The van der Waals surface area contributed by atoms with Crippen LogP contribution < -0.4 is 5.32 Å². The number of carbonyl (C=O) groups is 1. The number of hydrogen-bond acceptors (Lipinski definition) is 4. The van der Waals surface area contributed by atoms with Gasteiger partial charge in [-0.3, -0.25) is 9.36 Å². The quantitative estimate of drug-likeness (QED) is 0.371. The van der Waals surface area contributed by atoms with Gasteiger partial charge in [0, 0.05) is 22.0 Å². The normalized spacial score (nSPS) is 10.8. The third-order valence-corrected chi connectivity index (χ3v) is 5.96. The number of aromatic nitrogens is 3. The Balaban J connectivity index is 1.61. The molecule has 4 rings (SSSR count). The molecule has 1 amide bonds. The van der Waals surface area contributed by atoms with Gasteiger partial charge in [-0.2, -0.15) is 0 Å². The van der Waals surface area contributed by atoms with E-state index in [0.717, 1.165) is 28.1 Å². The van der Waals surface area contributed by atoms with Gasteiger partial charge in [0.05, 0.1) is 5.75 Å². The largest absolute Gasteiger partial charge is 0.325 e. The minimum Gasteiger partial charge on any atom is -0.325 e. The van der Waals surface area contributed by atoms with Gasteiger partial charge in [-0.15, -0.1) is 10.2 Å². The van der Waals surface area contributed by atoms with Gasteiger partial charge in [0.15, 0.2) is 11.0 Å². The number of thioether (sulfide) groups is 1. The molecule has 3 aromatic carbocycles. The fourth-order valence-electron chi connectivity index (χ4n) is 3.11. The van der Waals surface area contributed by atoms with E-state index in [0.29, 0.717) is 16.0 Å². The van der Waals surface area contributed by atoms with Crippen molar-refractivity contribution in [2.75, 3.05) is 11.1 Å². The summed E-state index contributed by atoms with van der Waals surface area (Å²) < 4.78 is 1.97. The van der Waals surface area contributed by atoms with Gasteiger partial charge in [0.2, 0.25) is 5.91 Å². The van der Waals surface area contributed by atoms with Crippen LogP contribution in [0.1, 0.15) is 11.1 Å². The second kappa shape index (κ2) is 9.37. The summed E-state index contributed by atoms with van der Waals surface area (Å²) in [6.07, 6.45) is 0. The Labute approximate surface area is 190 Å². The molecular formula is C24H21ClN4OS. The Morgan fingerprint density at radius 2 is 1.68 bits per heavy atom. The third kappa shape index (κ3) is 4.98. The highest BCUT2D eigenvalue weighted by atomic mass is 35.5. The molecule has 5 nitrogen and oxygen atoms in total. The molecule has 1 heterocycles. The minimum absolute atomic E-state index is 0.0919. The summed E-state index contributed by atoms with van der Waals surface area (Å²) >= 11 is 7.40. The van der Waals surface area contributed by atoms with Crippen molar-refractivity contribution in [2.45, 2.75) is 19.0 Å². The minimum atomic E-state index is -0.0919. The molecule has 0 spiro atoms. The molecule has 0 radical (unpaired) electrons. The van der Waals surface area contributed by atoms with E-state index in [9.17, 15) is 4.79 Å². The molecule has 0 saturated heterocycles. The van der Waals surface area contributed by atoms with E-state index in [4.69, 9.17) is 11.6 Å². The molecule has 7 heteroatoms. The highest BCUT2D eigenvalue weighted by Gasteiger charge is 2.17. The van der Waals surface area contributed by atoms with Crippen molar-refractivity contribution in [3.8, 4) is 17.1 Å². The van der Waals surface area contributed by atoms with Crippen molar-refractivity contribution in [2.24, 2.45) is 0 Å². The molecule has 156 valence electrons. The van der Waals surface area contributed by atoms with Crippen molar-refractivity contribution >= 4 is 35.0 Å². The number of nitrogens with one attached hydrogen (secondary N) is 1. The lowest BCUT2D eigenvalue weighted by molar-refractivity contribution is -0.113. The molecule has 0 aliphatic heterocycles. The van der Waals surface area contributed by atoms with Crippen molar-refractivity contribution in [3.63, 3.8) is 0 Å². The van der Waals surface area contributed by atoms with Crippen molar-refractivity contribution in [3.05, 3.63) is 88.9 Å². The number of rotatable bonds is 6. The van der Waals surface area contributed by atoms with Crippen molar-refractivity contribution < 1.29 is 4.79 Å². The number of amides is 1. The number of para-hydroxylation sites is 1. The van der Waals surface area contributed by atoms with E-state index in [1.807, 2.05) is 91.2 Å². The Morgan fingerprint density at radius 3 is 2.39 bits per heavy atom. The summed E-state index contributed by atoms with van der Waals surface area (Å²) in [7, 11) is 0. The first-order valence-electron chi connectivity index (χ1n) is 9.78. The van der Waals surface area contributed by atoms with Gasteiger partial charge >= 0.3 is 0 Å². The van der Waals surface area contributed by atoms with Gasteiger partial charge in [-0.05, 0) is 61.9 Å². The fourth-order valence-corrected chi connectivity index (χ4v) is 3.98. The second-order valence-corrected chi connectivity index (χ2v) is 8.51. The zero-order valence-corrected chi connectivity index (χ0v) is 18.7. The van der Waals surface area contributed by atoms with Crippen LogP contribution in [0.3, 0.4) is 0 Å². The van der Waals surface area contributed by atoms with Crippen LogP contribution in [0.4, 0.5) is 5.69 Å². The maximum Gasteiger partial charge on any atom is 0.234 e. The average molecular weight is 449 g/mol. The number of aryl methyl sites for hydroxylation is 2. The first kappa shape index (κ1) is 21.2. The van der Waals surface area contributed by atoms with Crippen LogP contribution >= 0.6 is 23.4 Å². The Bertz CT molecular complexity index is 1200. The average Bonchev–Trinajstić information content (AvgIpc) is 3.19. The van der Waals surface area contributed by atoms with Gasteiger partial charge in [-0.25, -0.2) is 0 Å². The summed E-state index contributed by atoms with van der Waals surface area (Å²) in [5, 5.41) is 13.0. The molecule has 4 aromatic rings. The van der Waals surface area contributed by atoms with E-state index in [1.54, 1.807) is 0 Å². The van der Waals surface area contributed by atoms with Crippen LogP contribution in [-0.4, -0.2) is 26.4 Å². The fraction of sp³-hybridized carbons (Fsp3) is 0.125. The Morgan fingerprint density at radius 1 is 0.968 bits per heavy atom. The molecular weight excluding hydrogens is 428 g/mol. The predicted octanol–water partition coefficient (Wildman–Crippen LogP) is 5.94. The lowest BCUT2D eigenvalue weighted by Crippen LogP contribution is -2.15. The number of benzene rings is 3. The maximum atomic E-state index is 12.5. The lowest BCUT2D eigenvalue weighted by Gasteiger charge is -2.11. The summed E-state index contributed by atoms with van der Waals surface area (Å²) in [4.78, 5) is 12.5. The van der Waals surface area contributed by atoms with Crippen LogP contribution in [0.25, 0.3) is 17.1 Å². The van der Waals surface area contributed by atoms with E-state index >= 15 is 0 Å². The van der Waals surface area contributed by atoms with Crippen LogP contribution in [0.15, 0.2) is 78.0 Å². The number of anilines is 1. The van der Waals surface area contributed by atoms with Crippen LogP contribution in [0.5, 0.6) is 0 Å². The Hall–Kier alpha value is -3.09. The van der Waals surface area contributed by atoms with Gasteiger partial charge < -0.3 is 5.32 Å². The van der Waals surface area contributed by atoms with Crippen molar-refractivity contribution in [1.29, 1.82) is 0 Å². The molecule has 0 aliphatic rings. The topological polar surface area (TPSA) is 59.8 Å². The summed E-state index contributed by atoms with van der Waals surface area (Å²) in [6.45, 7) is 4.01. The molecule has 31 heavy (non-hydrogen) atoms. The molecule has 1 N–H and O–H groups in total. The molecule has 0 saturated carbocycles. The van der Waals surface area contributed by atoms with Gasteiger partial charge in [0.1, 0.15) is 0 Å². The molecule has 0 unspecified atom stereocenters. The molecule has 0 aliphatic carbocycles. The summed E-state index contributed by atoms with van der Waals surface area (Å²) in [5.74, 6) is 0.826. The second-order valence-electron chi connectivity index (χ2n) is 7.14. The molecule has 0 fully saturated rings. The van der Waals surface area contributed by atoms with Gasteiger partial charge in [0.25, 0.3) is 0 Å². The zero-order valence-electron chi connectivity index (χ0n) is 17.2. The van der Waals surface area contributed by atoms with Crippen molar-refractivity contribution in [1.82, 2.24) is 14.8 Å². The maximum absolute atomic E-state index is 12.5. The first-order chi connectivity index (χ1) is 15.0. The smallest absolute Gasteiger partial charge is 0.234 e. The third-order valence-electron chi connectivity index (χ3n) is 4.78. The standard InChI is InChI=1S/C24H21ClN4OS/c1-16-7-13-20(14-8-16)29-23(18-9-11-19(25)12-10-18)27-28-24(29)31-15-22(30)26-21-6-4-3-5-17(21)2/h3-14H,15H2,1-2H3,(H,26,30). The number of halogens is 1. The molecule has 1 aromatic heterocycles. The van der Waals surface area contributed by atoms with Crippen LogP contribution in [0.2, 0.25) is 5.02 Å². The van der Waals surface area contributed by atoms with Gasteiger partial charge in [-0.1, -0.05) is 59.3 Å². The summed E-state index contributed by atoms with van der Waals surface area (Å²) in [5.41, 5.74) is 4.83. The first-order valence-corrected chi connectivity index (χ1v) is 11.1. The molecule has 0 atom stereocenters. The van der Waals surface area contributed by atoms with E-state index < -0.39 is 0 Å². The lowest BCUT2D eigenvalue weighted by atomic mass is 10.2. The highest BCUT2D eigenvalue weighted by molar-refractivity contribution is 7.99. The zero-order chi connectivity index (χ0) is 21.8. The number of carbonyl (C=O) groups excluding carboxylic acids is 1. The van der Waals surface area contributed by atoms with E-state index in [1.165, 1.54) is 11.8 Å². The SMILES string of the molecule is Cc1ccc(-n2c(SCC(=O)Nc3ccccc3C)nnc2-c2ccc(Cl)cc2)cc1. The van der Waals surface area contributed by atoms with Crippen LogP contribution in [0, 0.1) is 13.8 Å². The predicted molar refractivity (Wildman–Crippen MR) is 127 cm³/mol. The number of nitrogens with zero attached hydrogens (tertiary/aromatic N) is 3. The van der Waals surface area contributed by atoms with E-state index in [-0.39, 0.29) is 11.7 Å². The Kier molecular flexibility index (Phi) is 6.39. The molecule has 0 bridgehead atoms. The summed E-state index contributed by atoms with van der Waals surface area (Å²) in [6, 6.07) is 23.3. The highest BCUT2D eigenvalue weighted by Crippen LogP contribution is 2.29.